The van der Waals surface area contributed by atoms with Crippen LogP contribution in [0.15, 0.2) is 12.7 Å². The van der Waals surface area contributed by atoms with Crippen molar-refractivity contribution in [2.45, 2.75) is 45.2 Å². The monoisotopic (exact) mass is 208 g/mol. The maximum atomic E-state index is 3.88. The highest BCUT2D eigenvalue weighted by Crippen LogP contribution is 2.26. The Balaban J connectivity index is 2.05. The van der Waals surface area contributed by atoms with Crippen LogP contribution in [0.1, 0.15) is 39.7 Å². The first-order valence-corrected chi connectivity index (χ1v) is 5.66. The Morgan fingerprint density at radius 1 is 1.20 bits per heavy atom. The van der Waals surface area contributed by atoms with Gasteiger partial charge in [-0.05, 0) is 40.2 Å². The van der Waals surface area contributed by atoms with Crippen LogP contribution in [0, 0.1) is 0 Å². The number of hydrogen-bond donors (Lipinski definition) is 0. The van der Waals surface area contributed by atoms with Crippen LogP contribution in [0.2, 0.25) is 0 Å². The second-order valence-corrected chi connectivity index (χ2v) is 5.32. The molecule has 84 valence electrons. The fourth-order valence-corrected chi connectivity index (χ4v) is 2.20. The van der Waals surface area contributed by atoms with Gasteiger partial charge in [0, 0.05) is 18.1 Å². The molecule has 0 radical (unpaired) electrons. The molecule has 2 rings (SSSR count). The SMILES string of the molecule is CC(C)(C)N1CCCC(n2cnnc2)C1. The molecule has 1 aliphatic heterocycles. The summed E-state index contributed by atoms with van der Waals surface area (Å²) in [6.07, 6.45) is 6.17. The summed E-state index contributed by atoms with van der Waals surface area (Å²) in [5.41, 5.74) is 0.271. The van der Waals surface area contributed by atoms with E-state index in [1.54, 1.807) is 0 Å². The van der Waals surface area contributed by atoms with E-state index in [0.717, 1.165) is 6.54 Å². The summed E-state index contributed by atoms with van der Waals surface area (Å²) in [6, 6.07) is 0.549. The summed E-state index contributed by atoms with van der Waals surface area (Å²) in [4.78, 5) is 2.54. The third-order valence-corrected chi connectivity index (χ3v) is 3.20. The van der Waals surface area contributed by atoms with E-state index in [1.807, 2.05) is 12.7 Å². The van der Waals surface area contributed by atoms with Crippen molar-refractivity contribution in [2.24, 2.45) is 0 Å². The molecule has 0 saturated carbocycles. The lowest BCUT2D eigenvalue weighted by Gasteiger charge is -2.41. The Hall–Kier alpha value is -0.900. The van der Waals surface area contributed by atoms with Crippen LogP contribution in [0.25, 0.3) is 0 Å². The lowest BCUT2D eigenvalue weighted by molar-refractivity contribution is 0.0819. The van der Waals surface area contributed by atoms with E-state index >= 15 is 0 Å². The van der Waals surface area contributed by atoms with Crippen molar-refractivity contribution in [3.8, 4) is 0 Å². The van der Waals surface area contributed by atoms with E-state index in [2.05, 4.69) is 40.4 Å². The average Bonchev–Trinajstić information content (AvgIpc) is 2.69. The molecule has 1 aromatic heterocycles. The normalized spacial score (nSPS) is 24.3. The van der Waals surface area contributed by atoms with E-state index in [-0.39, 0.29) is 5.54 Å². The van der Waals surface area contributed by atoms with Crippen LogP contribution in [0.3, 0.4) is 0 Å². The highest BCUT2D eigenvalue weighted by Gasteiger charge is 2.28. The van der Waals surface area contributed by atoms with Gasteiger partial charge in [-0.3, -0.25) is 4.90 Å². The second kappa shape index (κ2) is 3.93. The number of likely N-dealkylation sites (tertiary alicyclic amines) is 1. The third kappa shape index (κ3) is 2.37. The summed E-state index contributed by atoms with van der Waals surface area (Å²) < 4.78 is 2.14. The van der Waals surface area contributed by atoms with Gasteiger partial charge in [0.1, 0.15) is 12.7 Å². The van der Waals surface area contributed by atoms with Gasteiger partial charge < -0.3 is 4.57 Å². The molecule has 4 nitrogen and oxygen atoms in total. The van der Waals surface area contributed by atoms with Crippen molar-refractivity contribution >= 4 is 0 Å². The molecule has 0 spiro atoms. The molecule has 1 fully saturated rings. The lowest BCUT2D eigenvalue weighted by Crippen LogP contribution is -2.47. The van der Waals surface area contributed by atoms with Crippen LogP contribution in [-0.4, -0.2) is 38.3 Å². The van der Waals surface area contributed by atoms with Crippen LogP contribution < -0.4 is 0 Å². The topological polar surface area (TPSA) is 34.0 Å². The standard InChI is InChI=1S/C11H20N4/c1-11(2,3)15-6-4-5-10(7-15)14-8-12-13-9-14/h8-10H,4-7H2,1-3H3. The quantitative estimate of drug-likeness (QED) is 0.704. The highest BCUT2D eigenvalue weighted by molar-refractivity contribution is 4.86. The van der Waals surface area contributed by atoms with E-state index in [0.29, 0.717) is 6.04 Å². The Morgan fingerprint density at radius 3 is 2.47 bits per heavy atom. The number of piperidine rings is 1. The predicted octanol–water partition coefficient (Wildman–Crippen LogP) is 1.71. The van der Waals surface area contributed by atoms with Crippen molar-refractivity contribution in [1.82, 2.24) is 19.7 Å². The first-order chi connectivity index (χ1) is 7.07. The second-order valence-electron chi connectivity index (χ2n) is 5.32. The molecule has 15 heavy (non-hydrogen) atoms. The Bertz CT molecular complexity index is 299. The van der Waals surface area contributed by atoms with Crippen LogP contribution in [0.4, 0.5) is 0 Å². The molecule has 0 aromatic carbocycles. The number of aromatic nitrogens is 3. The Labute approximate surface area is 91.3 Å². The minimum absolute atomic E-state index is 0.271. The first kappa shape index (κ1) is 10.6. The number of hydrogen-bond acceptors (Lipinski definition) is 3. The molecule has 0 bridgehead atoms. The van der Waals surface area contributed by atoms with Gasteiger partial charge in [-0.1, -0.05) is 0 Å². The molecule has 2 heterocycles. The lowest BCUT2D eigenvalue weighted by atomic mass is 9.98. The van der Waals surface area contributed by atoms with Gasteiger partial charge in [-0.2, -0.15) is 0 Å². The van der Waals surface area contributed by atoms with Crippen LogP contribution >= 0.6 is 0 Å². The molecule has 1 aromatic rings. The van der Waals surface area contributed by atoms with Crippen molar-refractivity contribution < 1.29 is 0 Å². The van der Waals surface area contributed by atoms with Gasteiger partial charge in [0.2, 0.25) is 0 Å². The highest BCUT2D eigenvalue weighted by atomic mass is 15.3. The smallest absolute Gasteiger partial charge is 0.119 e. The molecule has 1 atom stereocenters. The van der Waals surface area contributed by atoms with Gasteiger partial charge in [0.05, 0.1) is 0 Å². The van der Waals surface area contributed by atoms with E-state index in [4.69, 9.17) is 0 Å². The molecule has 1 unspecified atom stereocenters. The van der Waals surface area contributed by atoms with Crippen LogP contribution in [0.5, 0.6) is 0 Å². The molecule has 1 saturated heterocycles. The van der Waals surface area contributed by atoms with Crippen LogP contribution in [-0.2, 0) is 0 Å². The summed E-state index contributed by atoms with van der Waals surface area (Å²) >= 11 is 0. The van der Waals surface area contributed by atoms with Gasteiger partial charge in [0.25, 0.3) is 0 Å². The zero-order valence-corrected chi connectivity index (χ0v) is 9.85. The third-order valence-electron chi connectivity index (χ3n) is 3.20. The fourth-order valence-electron chi connectivity index (χ4n) is 2.20. The Morgan fingerprint density at radius 2 is 1.87 bits per heavy atom. The van der Waals surface area contributed by atoms with E-state index < -0.39 is 0 Å². The van der Waals surface area contributed by atoms with Crippen molar-refractivity contribution in [1.29, 1.82) is 0 Å². The molecule has 0 amide bonds. The maximum Gasteiger partial charge on any atom is 0.119 e. The number of nitrogens with zero attached hydrogens (tertiary/aromatic N) is 4. The molecule has 1 aliphatic rings. The van der Waals surface area contributed by atoms with Crippen molar-refractivity contribution in [3.05, 3.63) is 12.7 Å². The van der Waals surface area contributed by atoms with E-state index in [1.165, 1.54) is 19.4 Å². The predicted molar refractivity (Wildman–Crippen MR) is 59.6 cm³/mol. The molecular formula is C11H20N4. The minimum Gasteiger partial charge on any atom is -0.316 e. The van der Waals surface area contributed by atoms with Gasteiger partial charge in [-0.25, -0.2) is 0 Å². The van der Waals surface area contributed by atoms with Crippen molar-refractivity contribution in [2.75, 3.05) is 13.1 Å². The molecule has 0 N–H and O–H groups in total. The minimum atomic E-state index is 0.271. The van der Waals surface area contributed by atoms with Gasteiger partial charge >= 0.3 is 0 Å². The number of rotatable bonds is 1. The largest absolute Gasteiger partial charge is 0.316 e. The van der Waals surface area contributed by atoms with Gasteiger partial charge in [0.15, 0.2) is 0 Å². The maximum absolute atomic E-state index is 3.88. The summed E-state index contributed by atoms with van der Waals surface area (Å²) in [7, 11) is 0. The fraction of sp³-hybridized carbons (Fsp3) is 0.818. The Kier molecular flexibility index (Phi) is 2.78. The van der Waals surface area contributed by atoms with Gasteiger partial charge in [-0.15, -0.1) is 10.2 Å². The summed E-state index contributed by atoms with van der Waals surface area (Å²) in [5.74, 6) is 0. The van der Waals surface area contributed by atoms with E-state index in [9.17, 15) is 0 Å². The average molecular weight is 208 g/mol. The first-order valence-electron chi connectivity index (χ1n) is 5.66. The molecular weight excluding hydrogens is 188 g/mol. The summed E-state index contributed by atoms with van der Waals surface area (Å²) in [5, 5.41) is 7.76. The zero-order chi connectivity index (χ0) is 10.9. The molecule has 0 aliphatic carbocycles. The zero-order valence-electron chi connectivity index (χ0n) is 9.85. The molecule has 4 heteroatoms. The summed E-state index contributed by atoms with van der Waals surface area (Å²) in [6.45, 7) is 9.16. The van der Waals surface area contributed by atoms with Crippen molar-refractivity contribution in [3.63, 3.8) is 0 Å².